The summed E-state index contributed by atoms with van der Waals surface area (Å²) in [6.45, 7) is 10.3. The van der Waals surface area contributed by atoms with Crippen molar-refractivity contribution in [1.82, 2.24) is 25.8 Å². The number of Topliss-reactive ketones (excluding diaryl/α,β-unsaturated/α-hetero) is 1. The van der Waals surface area contributed by atoms with Crippen LogP contribution in [0.5, 0.6) is 0 Å². The lowest BCUT2D eigenvalue weighted by atomic mass is 9.85. The topological polar surface area (TPSA) is 171 Å². The maximum absolute atomic E-state index is 13.6. The molecular weight excluding hydrogens is 537 g/mol. The van der Waals surface area contributed by atoms with Crippen LogP contribution in [0.2, 0.25) is 0 Å². The average molecular weight is 577 g/mol. The van der Waals surface area contributed by atoms with Crippen LogP contribution in [0.25, 0.3) is 0 Å². The van der Waals surface area contributed by atoms with Gasteiger partial charge in [-0.2, -0.15) is 13.2 Å². The van der Waals surface area contributed by atoms with Gasteiger partial charge >= 0.3 is 12.2 Å². The molecule has 1 fully saturated rings. The summed E-state index contributed by atoms with van der Waals surface area (Å²) in [6, 6.07) is -4.97. The summed E-state index contributed by atoms with van der Waals surface area (Å²) < 4.78 is 38.3. The number of hydrogen-bond acceptors (Lipinski definition) is 6. The Balaban J connectivity index is 3.08. The van der Waals surface area contributed by atoms with Crippen molar-refractivity contribution in [1.29, 1.82) is 0 Å². The number of primary amides is 1. The number of urea groups is 1. The molecule has 4 atom stereocenters. The number of nitrogens with two attached hydrogens (primary N) is 1. The number of ketones is 1. The number of nitrogens with zero attached hydrogens (tertiary/aromatic N) is 2. The van der Waals surface area contributed by atoms with Crippen LogP contribution in [-0.4, -0.2) is 96.2 Å². The van der Waals surface area contributed by atoms with Crippen LogP contribution in [-0.2, 0) is 24.0 Å². The number of hydrogen-bond donors (Lipinski definition) is 4. The second-order valence-corrected chi connectivity index (χ2v) is 11.0. The fourth-order valence-electron chi connectivity index (χ4n) is 4.14. The predicted molar refractivity (Wildman–Crippen MR) is 138 cm³/mol. The van der Waals surface area contributed by atoms with Crippen LogP contribution < -0.4 is 21.7 Å². The van der Waals surface area contributed by atoms with Gasteiger partial charge in [0.1, 0.15) is 12.1 Å². The van der Waals surface area contributed by atoms with E-state index in [0.717, 1.165) is 0 Å². The predicted octanol–water partition coefficient (Wildman–Crippen LogP) is 0.463. The Morgan fingerprint density at radius 1 is 1.12 bits per heavy atom. The monoisotopic (exact) mass is 576 g/mol. The van der Waals surface area contributed by atoms with E-state index in [1.54, 1.807) is 27.7 Å². The van der Waals surface area contributed by atoms with Gasteiger partial charge in [0.25, 0.3) is 5.91 Å². The number of rotatable bonds is 12. The third kappa shape index (κ3) is 10.5. The SMILES string of the molecule is C=CCN(C)C(=O)CNC(=O)NC(C(=O)N1CC(C)C[C@H]1C(=O)NC(CCC(F)(F)F)C(=O)C(N)=O)C(C)(C)C. The van der Waals surface area contributed by atoms with Gasteiger partial charge in [-0.05, 0) is 24.2 Å². The largest absolute Gasteiger partial charge is 0.389 e. The van der Waals surface area contributed by atoms with Crippen molar-refractivity contribution in [3.05, 3.63) is 12.7 Å². The molecule has 40 heavy (non-hydrogen) atoms. The second-order valence-electron chi connectivity index (χ2n) is 11.0. The molecule has 6 amide bonds. The molecule has 1 rings (SSSR count). The molecule has 15 heteroatoms. The van der Waals surface area contributed by atoms with Crippen LogP contribution in [0.1, 0.15) is 47.0 Å². The van der Waals surface area contributed by atoms with Crippen LogP contribution in [0.4, 0.5) is 18.0 Å². The molecule has 1 saturated heterocycles. The molecule has 3 unspecified atom stereocenters. The molecule has 12 nitrogen and oxygen atoms in total. The van der Waals surface area contributed by atoms with Crippen molar-refractivity contribution < 1.29 is 41.9 Å². The number of halogens is 3. The Kier molecular flexibility index (Phi) is 12.1. The van der Waals surface area contributed by atoms with Crippen molar-refractivity contribution in [3.8, 4) is 0 Å². The van der Waals surface area contributed by atoms with Crippen LogP contribution in [0.15, 0.2) is 12.7 Å². The first kappa shape index (κ1) is 34.4. The fourth-order valence-corrected chi connectivity index (χ4v) is 4.14. The first-order valence-corrected chi connectivity index (χ1v) is 12.7. The van der Waals surface area contributed by atoms with Crippen LogP contribution in [0.3, 0.4) is 0 Å². The number of likely N-dealkylation sites (tertiary alicyclic amines) is 1. The Bertz CT molecular complexity index is 997. The molecule has 0 aliphatic carbocycles. The highest BCUT2D eigenvalue weighted by Gasteiger charge is 2.45. The molecule has 0 aromatic carbocycles. The standard InChI is InChI=1S/C25H39F3N6O6/c1-7-10-33(6)17(35)12-30-23(40)32-19(24(3,4)5)22(39)34-13-14(2)11-16(34)21(38)31-15(18(36)20(29)37)8-9-25(26,27)28/h7,14-16,19H,1,8-13H2,2-6H3,(H2,29,37)(H,31,38)(H2,30,32,40)/t14?,15?,16-,19?/m0/s1. The highest BCUT2D eigenvalue weighted by molar-refractivity contribution is 6.37. The zero-order chi connectivity index (χ0) is 31.0. The summed E-state index contributed by atoms with van der Waals surface area (Å²) in [5, 5.41) is 7.09. The van der Waals surface area contributed by atoms with E-state index in [0.29, 0.717) is 0 Å². The minimum absolute atomic E-state index is 0.0919. The fraction of sp³-hybridized carbons (Fsp3) is 0.680. The Morgan fingerprint density at radius 3 is 2.23 bits per heavy atom. The van der Waals surface area contributed by atoms with Crippen molar-refractivity contribution in [2.45, 2.75) is 71.3 Å². The number of carbonyl (C=O) groups is 6. The van der Waals surface area contributed by atoms with Crippen molar-refractivity contribution in [2.75, 3.05) is 26.7 Å². The first-order valence-electron chi connectivity index (χ1n) is 12.7. The molecule has 226 valence electrons. The summed E-state index contributed by atoms with van der Waals surface area (Å²) >= 11 is 0. The van der Waals surface area contributed by atoms with E-state index in [4.69, 9.17) is 5.73 Å². The normalized spacial score (nSPS) is 18.8. The summed E-state index contributed by atoms with van der Waals surface area (Å²) in [4.78, 5) is 77.4. The Labute approximate surface area is 231 Å². The lowest BCUT2D eigenvalue weighted by Crippen LogP contribution is -2.60. The number of carbonyl (C=O) groups excluding carboxylic acids is 6. The zero-order valence-corrected chi connectivity index (χ0v) is 23.4. The van der Waals surface area contributed by atoms with Crippen molar-refractivity contribution >= 4 is 35.4 Å². The third-order valence-electron chi connectivity index (χ3n) is 6.31. The van der Waals surface area contributed by atoms with Crippen molar-refractivity contribution in [3.63, 3.8) is 0 Å². The minimum Gasteiger partial charge on any atom is -0.363 e. The molecule has 1 aliphatic heterocycles. The lowest BCUT2D eigenvalue weighted by molar-refractivity contribution is -0.146. The highest BCUT2D eigenvalue weighted by atomic mass is 19.4. The van der Waals surface area contributed by atoms with E-state index in [1.807, 2.05) is 0 Å². The third-order valence-corrected chi connectivity index (χ3v) is 6.31. The molecule has 0 radical (unpaired) electrons. The Morgan fingerprint density at radius 2 is 1.73 bits per heavy atom. The molecular formula is C25H39F3N6O6. The average Bonchev–Trinajstić information content (AvgIpc) is 3.23. The number of likely N-dealkylation sites (N-methyl/N-ethyl adjacent to an activating group) is 1. The summed E-state index contributed by atoms with van der Waals surface area (Å²) in [6.07, 6.45) is -5.36. The maximum Gasteiger partial charge on any atom is 0.389 e. The van der Waals surface area contributed by atoms with E-state index in [1.165, 1.54) is 22.9 Å². The molecule has 1 aliphatic rings. The molecule has 0 bridgehead atoms. The van der Waals surface area contributed by atoms with Crippen LogP contribution >= 0.6 is 0 Å². The maximum atomic E-state index is 13.6. The van der Waals surface area contributed by atoms with Gasteiger partial charge in [-0.1, -0.05) is 33.8 Å². The number of amides is 6. The van der Waals surface area contributed by atoms with Gasteiger partial charge in [0.05, 0.1) is 12.6 Å². The molecule has 0 saturated carbocycles. The summed E-state index contributed by atoms with van der Waals surface area (Å²) in [5.74, 6) is -5.06. The lowest BCUT2D eigenvalue weighted by Gasteiger charge is -2.35. The summed E-state index contributed by atoms with van der Waals surface area (Å²) in [7, 11) is 1.52. The first-order chi connectivity index (χ1) is 18.3. The molecule has 0 aromatic heterocycles. The van der Waals surface area contributed by atoms with Gasteiger partial charge in [-0.3, -0.25) is 24.0 Å². The molecule has 0 aromatic rings. The van der Waals surface area contributed by atoms with E-state index in [2.05, 4.69) is 22.5 Å². The molecule has 5 N–H and O–H groups in total. The summed E-state index contributed by atoms with van der Waals surface area (Å²) in [5.41, 5.74) is 4.09. The number of alkyl halides is 3. The van der Waals surface area contributed by atoms with Gasteiger partial charge in [-0.15, -0.1) is 6.58 Å². The quantitative estimate of drug-likeness (QED) is 0.194. The smallest absolute Gasteiger partial charge is 0.363 e. The molecule has 0 spiro atoms. The van der Waals surface area contributed by atoms with Gasteiger partial charge in [0, 0.05) is 26.6 Å². The van der Waals surface area contributed by atoms with E-state index in [9.17, 15) is 41.9 Å². The van der Waals surface area contributed by atoms with E-state index < -0.39 is 78.0 Å². The minimum atomic E-state index is -4.65. The van der Waals surface area contributed by atoms with Gasteiger partial charge in [0.2, 0.25) is 23.5 Å². The zero-order valence-electron chi connectivity index (χ0n) is 23.4. The highest BCUT2D eigenvalue weighted by Crippen LogP contribution is 2.29. The second kappa shape index (κ2) is 14.1. The number of nitrogens with one attached hydrogen (secondary N) is 3. The van der Waals surface area contributed by atoms with E-state index >= 15 is 0 Å². The van der Waals surface area contributed by atoms with E-state index in [-0.39, 0.29) is 32.0 Å². The van der Waals surface area contributed by atoms with Gasteiger partial charge in [0.15, 0.2) is 0 Å². The van der Waals surface area contributed by atoms with Crippen LogP contribution in [0, 0.1) is 11.3 Å². The Hall–Kier alpha value is -3.65. The molecule has 1 heterocycles. The van der Waals surface area contributed by atoms with Crippen molar-refractivity contribution in [2.24, 2.45) is 17.1 Å². The van der Waals surface area contributed by atoms with Gasteiger partial charge < -0.3 is 31.5 Å². The van der Waals surface area contributed by atoms with Gasteiger partial charge in [-0.25, -0.2) is 4.79 Å².